The fourth-order valence-corrected chi connectivity index (χ4v) is 2.06. The Morgan fingerprint density at radius 1 is 1.65 bits per heavy atom. The molecule has 4 nitrogen and oxygen atoms in total. The van der Waals surface area contributed by atoms with Gasteiger partial charge in [-0.2, -0.15) is 5.26 Å². The van der Waals surface area contributed by atoms with Gasteiger partial charge in [-0.05, 0) is 24.1 Å². The molecule has 0 amide bonds. The summed E-state index contributed by atoms with van der Waals surface area (Å²) >= 11 is 0. The van der Waals surface area contributed by atoms with Gasteiger partial charge in [0.15, 0.2) is 0 Å². The van der Waals surface area contributed by atoms with E-state index >= 15 is 0 Å². The van der Waals surface area contributed by atoms with Gasteiger partial charge < -0.3 is 4.74 Å². The van der Waals surface area contributed by atoms with E-state index in [1.54, 1.807) is 6.20 Å². The van der Waals surface area contributed by atoms with Crippen molar-refractivity contribution in [1.29, 1.82) is 5.26 Å². The first-order valence-electron chi connectivity index (χ1n) is 6.00. The van der Waals surface area contributed by atoms with Crippen LogP contribution in [0, 0.1) is 11.3 Å². The molecular weight excluding hydrogens is 214 g/mol. The van der Waals surface area contributed by atoms with Gasteiger partial charge in [-0.1, -0.05) is 6.92 Å². The Morgan fingerprint density at radius 3 is 3.29 bits per heavy atom. The molecule has 1 aliphatic heterocycles. The number of pyridine rings is 1. The largest absolute Gasteiger partial charge is 0.376 e. The van der Waals surface area contributed by atoms with E-state index in [9.17, 15) is 0 Å². The van der Waals surface area contributed by atoms with Crippen molar-refractivity contribution in [2.45, 2.75) is 26.0 Å². The monoisotopic (exact) mass is 231 g/mol. The summed E-state index contributed by atoms with van der Waals surface area (Å²) in [7, 11) is 0. The lowest BCUT2D eigenvalue weighted by molar-refractivity contribution is -0.0324. The Hall–Kier alpha value is -1.44. The number of hydrogen-bond donors (Lipinski definition) is 0. The summed E-state index contributed by atoms with van der Waals surface area (Å²) in [4.78, 5) is 6.35. The Kier molecular flexibility index (Phi) is 4.08. The van der Waals surface area contributed by atoms with Gasteiger partial charge in [-0.15, -0.1) is 0 Å². The zero-order chi connectivity index (χ0) is 12.1. The van der Waals surface area contributed by atoms with Gasteiger partial charge in [0.1, 0.15) is 11.8 Å². The second-order valence-corrected chi connectivity index (χ2v) is 4.30. The molecule has 0 N–H and O–H groups in total. The van der Waals surface area contributed by atoms with E-state index in [4.69, 9.17) is 10.00 Å². The molecule has 90 valence electrons. The van der Waals surface area contributed by atoms with Crippen LogP contribution in [0.5, 0.6) is 0 Å². The van der Waals surface area contributed by atoms with Crippen LogP contribution < -0.4 is 0 Å². The van der Waals surface area contributed by atoms with E-state index in [2.05, 4.69) is 22.9 Å². The summed E-state index contributed by atoms with van der Waals surface area (Å²) in [6, 6.07) is 5.90. The number of ether oxygens (including phenoxy) is 1. The highest BCUT2D eigenvalue weighted by molar-refractivity contribution is 5.25. The van der Waals surface area contributed by atoms with Crippen LogP contribution in [0.25, 0.3) is 0 Å². The van der Waals surface area contributed by atoms with Crippen LogP contribution in [-0.4, -0.2) is 35.7 Å². The molecule has 1 fully saturated rings. The Morgan fingerprint density at radius 2 is 2.53 bits per heavy atom. The van der Waals surface area contributed by atoms with Crippen LogP contribution in [0.4, 0.5) is 0 Å². The lowest BCUT2D eigenvalue weighted by Crippen LogP contribution is -2.41. The third-order valence-electron chi connectivity index (χ3n) is 3.02. The minimum absolute atomic E-state index is 0.348. The molecule has 1 saturated heterocycles. The minimum atomic E-state index is 0.348. The van der Waals surface area contributed by atoms with Gasteiger partial charge in [0.2, 0.25) is 0 Å². The second kappa shape index (κ2) is 5.76. The van der Waals surface area contributed by atoms with Crippen molar-refractivity contribution in [2.24, 2.45) is 0 Å². The van der Waals surface area contributed by atoms with Crippen molar-refractivity contribution in [3.63, 3.8) is 0 Å². The van der Waals surface area contributed by atoms with Crippen molar-refractivity contribution in [1.82, 2.24) is 9.88 Å². The van der Waals surface area contributed by atoms with Gasteiger partial charge in [0, 0.05) is 25.8 Å². The highest BCUT2D eigenvalue weighted by atomic mass is 16.5. The first-order chi connectivity index (χ1) is 8.31. The second-order valence-electron chi connectivity index (χ2n) is 4.30. The maximum absolute atomic E-state index is 8.80. The summed E-state index contributed by atoms with van der Waals surface area (Å²) in [5.41, 5.74) is 1.64. The van der Waals surface area contributed by atoms with E-state index in [-0.39, 0.29) is 0 Å². The molecule has 2 heterocycles. The van der Waals surface area contributed by atoms with E-state index < -0.39 is 0 Å². The normalized spacial score (nSPS) is 21.1. The zero-order valence-corrected chi connectivity index (χ0v) is 10.1. The molecule has 0 aromatic carbocycles. The number of nitriles is 1. The minimum Gasteiger partial charge on any atom is -0.376 e. The van der Waals surface area contributed by atoms with Gasteiger partial charge in [0.25, 0.3) is 0 Å². The summed E-state index contributed by atoms with van der Waals surface area (Å²) in [6.07, 6.45) is 3.10. The fourth-order valence-electron chi connectivity index (χ4n) is 2.06. The maximum Gasteiger partial charge on any atom is 0.140 e. The van der Waals surface area contributed by atoms with Crippen molar-refractivity contribution in [3.05, 3.63) is 29.6 Å². The highest BCUT2D eigenvalue weighted by Crippen LogP contribution is 2.12. The molecule has 0 radical (unpaired) electrons. The molecule has 1 aliphatic rings. The Balaban J connectivity index is 1.98. The van der Waals surface area contributed by atoms with Crippen molar-refractivity contribution < 1.29 is 4.74 Å². The molecule has 1 aromatic rings. The van der Waals surface area contributed by atoms with Gasteiger partial charge in [-0.3, -0.25) is 4.90 Å². The molecule has 17 heavy (non-hydrogen) atoms. The fraction of sp³-hybridized carbons (Fsp3) is 0.538. The van der Waals surface area contributed by atoms with E-state index in [0.717, 1.165) is 38.2 Å². The SMILES string of the molecule is CCC1CN(Cc2ccnc(C#N)c2)CCO1. The van der Waals surface area contributed by atoms with Gasteiger partial charge in [0.05, 0.1) is 12.7 Å². The number of aromatic nitrogens is 1. The number of hydrogen-bond acceptors (Lipinski definition) is 4. The number of morpholine rings is 1. The van der Waals surface area contributed by atoms with Crippen molar-refractivity contribution >= 4 is 0 Å². The van der Waals surface area contributed by atoms with Crippen LogP contribution >= 0.6 is 0 Å². The van der Waals surface area contributed by atoms with Gasteiger partial charge in [-0.25, -0.2) is 4.98 Å². The molecule has 1 aromatic heterocycles. The molecule has 2 rings (SSSR count). The van der Waals surface area contributed by atoms with Crippen molar-refractivity contribution in [2.75, 3.05) is 19.7 Å². The summed E-state index contributed by atoms with van der Waals surface area (Å²) < 4.78 is 5.63. The van der Waals surface area contributed by atoms with Gasteiger partial charge >= 0.3 is 0 Å². The van der Waals surface area contributed by atoms with E-state index in [1.807, 2.05) is 12.1 Å². The van der Waals surface area contributed by atoms with E-state index in [0.29, 0.717) is 11.8 Å². The van der Waals surface area contributed by atoms with E-state index in [1.165, 1.54) is 0 Å². The average Bonchev–Trinajstić information content (AvgIpc) is 2.39. The standard InChI is InChI=1S/C13H17N3O/c1-2-13-10-16(5-6-17-13)9-11-3-4-15-12(7-11)8-14/h3-4,7,13H,2,5-6,9-10H2,1H3. The quantitative estimate of drug-likeness (QED) is 0.792. The number of nitrogens with zero attached hydrogens (tertiary/aromatic N) is 3. The molecular formula is C13H17N3O. The molecule has 1 atom stereocenters. The predicted octanol–water partition coefficient (Wildman–Crippen LogP) is 1.56. The molecule has 0 aliphatic carbocycles. The van der Waals surface area contributed by atoms with Crippen molar-refractivity contribution in [3.8, 4) is 6.07 Å². The first-order valence-corrected chi connectivity index (χ1v) is 6.00. The van der Waals surface area contributed by atoms with Crippen LogP contribution in [0.3, 0.4) is 0 Å². The smallest absolute Gasteiger partial charge is 0.140 e. The van der Waals surface area contributed by atoms with Crippen LogP contribution in [0.15, 0.2) is 18.3 Å². The highest BCUT2D eigenvalue weighted by Gasteiger charge is 2.18. The maximum atomic E-state index is 8.80. The molecule has 0 saturated carbocycles. The molecule has 0 bridgehead atoms. The summed E-state index contributed by atoms with van der Waals surface area (Å²) in [5.74, 6) is 0. The van der Waals surface area contributed by atoms with Crippen LogP contribution in [0.2, 0.25) is 0 Å². The lowest BCUT2D eigenvalue weighted by atomic mass is 10.2. The molecule has 1 unspecified atom stereocenters. The predicted molar refractivity (Wildman–Crippen MR) is 64.3 cm³/mol. The van der Waals surface area contributed by atoms with Crippen LogP contribution in [-0.2, 0) is 11.3 Å². The van der Waals surface area contributed by atoms with Crippen LogP contribution in [0.1, 0.15) is 24.6 Å². The topological polar surface area (TPSA) is 49.2 Å². The summed E-state index contributed by atoms with van der Waals surface area (Å²) in [6.45, 7) is 5.75. The molecule has 0 spiro atoms. The number of rotatable bonds is 3. The Labute approximate surface area is 102 Å². The third-order valence-corrected chi connectivity index (χ3v) is 3.02. The first kappa shape index (κ1) is 12.0. The average molecular weight is 231 g/mol. The third kappa shape index (κ3) is 3.26. The summed E-state index contributed by atoms with van der Waals surface area (Å²) in [5, 5.41) is 8.80. The lowest BCUT2D eigenvalue weighted by Gasteiger charge is -2.32. The Bertz CT molecular complexity index is 413. The molecule has 4 heteroatoms. The zero-order valence-electron chi connectivity index (χ0n) is 10.1.